The highest BCUT2D eigenvalue weighted by atomic mass is 16.7. The maximum absolute atomic E-state index is 10.5. The van der Waals surface area contributed by atoms with E-state index in [2.05, 4.69) is 10.0 Å². The number of hydrogen-bond donors (Lipinski definition) is 1. The van der Waals surface area contributed by atoms with E-state index in [4.69, 9.17) is 24.5 Å². The summed E-state index contributed by atoms with van der Waals surface area (Å²) in [6.45, 7) is 0.280. The lowest BCUT2D eigenvalue weighted by atomic mass is 9.96. The summed E-state index contributed by atoms with van der Waals surface area (Å²) in [6.07, 6.45) is -2.84. The van der Waals surface area contributed by atoms with Crippen molar-refractivity contribution in [1.29, 1.82) is 0 Å². The maximum Gasteiger partial charge on any atom is 0.168 e. The molecule has 0 unspecified atom stereocenters. The van der Waals surface area contributed by atoms with Gasteiger partial charge in [0, 0.05) is 18.4 Å². The third-order valence-electron chi connectivity index (χ3n) is 4.06. The lowest BCUT2D eigenvalue weighted by Gasteiger charge is -2.46. The maximum atomic E-state index is 10.5. The van der Waals surface area contributed by atoms with Crippen LogP contribution in [0.4, 0.5) is 0 Å². The van der Waals surface area contributed by atoms with Crippen molar-refractivity contribution < 1.29 is 24.1 Å². The van der Waals surface area contributed by atoms with E-state index >= 15 is 0 Å². The topological polar surface area (TPSA) is 106 Å². The molecule has 8 heteroatoms. The summed E-state index contributed by atoms with van der Waals surface area (Å²) in [5.74, 6) is 0. The highest BCUT2D eigenvalue weighted by molar-refractivity contribution is 5.15. The normalized spacial score (nSPS) is 36.8. The molecule has 2 aliphatic heterocycles. The third kappa shape index (κ3) is 3.48. The Morgan fingerprint density at radius 3 is 2.83 bits per heavy atom. The molecule has 0 bridgehead atoms. The van der Waals surface area contributed by atoms with Crippen molar-refractivity contribution in [3.8, 4) is 0 Å². The predicted molar refractivity (Wildman–Crippen MR) is 79.4 cm³/mol. The Kier molecular flexibility index (Phi) is 5.12. The van der Waals surface area contributed by atoms with E-state index in [0.29, 0.717) is 6.42 Å². The molecule has 0 amide bonds. The standard InChI is InChI=1S/C15H19N3O5/c1-20-15-12(17-18-16)13(19)14-10(22-15)8-21-11(23-14)7-9-5-3-2-4-6-9/h2-6,10-15,19H,7-8H2,1H3/t10-,11+,12+,13+,14-,15-/m1/s1. The van der Waals surface area contributed by atoms with Crippen LogP contribution in [-0.4, -0.2) is 55.8 Å². The molecule has 0 radical (unpaired) electrons. The highest BCUT2D eigenvalue weighted by Crippen LogP contribution is 2.31. The van der Waals surface area contributed by atoms with E-state index in [9.17, 15) is 5.11 Å². The Bertz CT molecular complexity index is 565. The number of hydrogen-bond acceptors (Lipinski definition) is 6. The zero-order valence-electron chi connectivity index (χ0n) is 12.7. The first-order valence-corrected chi connectivity index (χ1v) is 7.44. The van der Waals surface area contributed by atoms with Crippen molar-refractivity contribution in [2.75, 3.05) is 13.7 Å². The predicted octanol–water partition coefficient (Wildman–Crippen LogP) is 1.38. The van der Waals surface area contributed by atoms with Gasteiger partial charge in [-0.05, 0) is 11.1 Å². The molecule has 2 saturated heterocycles. The van der Waals surface area contributed by atoms with Gasteiger partial charge in [-0.15, -0.1) is 0 Å². The second kappa shape index (κ2) is 7.27. The molecular weight excluding hydrogens is 302 g/mol. The molecule has 23 heavy (non-hydrogen) atoms. The smallest absolute Gasteiger partial charge is 0.168 e. The molecule has 6 atom stereocenters. The van der Waals surface area contributed by atoms with Crippen molar-refractivity contribution in [1.82, 2.24) is 0 Å². The van der Waals surface area contributed by atoms with Gasteiger partial charge in [-0.3, -0.25) is 0 Å². The van der Waals surface area contributed by atoms with Crippen LogP contribution in [0, 0.1) is 0 Å². The fourth-order valence-corrected chi connectivity index (χ4v) is 2.92. The van der Waals surface area contributed by atoms with Gasteiger partial charge in [0.1, 0.15) is 18.2 Å². The fraction of sp³-hybridized carbons (Fsp3) is 0.600. The van der Waals surface area contributed by atoms with Crippen molar-refractivity contribution in [3.05, 3.63) is 46.3 Å². The lowest BCUT2D eigenvalue weighted by molar-refractivity contribution is -0.335. The van der Waals surface area contributed by atoms with Crippen molar-refractivity contribution in [2.24, 2.45) is 5.11 Å². The van der Waals surface area contributed by atoms with Crippen LogP contribution < -0.4 is 0 Å². The first-order valence-electron chi connectivity index (χ1n) is 7.44. The first-order chi connectivity index (χ1) is 11.2. The average Bonchev–Trinajstić information content (AvgIpc) is 2.58. The Balaban J connectivity index is 1.70. The largest absolute Gasteiger partial charge is 0.390 e. The van der Waals surface area contributed by atoms with Crippen LogP contribution in [0.25, 0.3) is 10.4 Å². The molecule has 124 valence electrons. The van der Waals surface area contributed by atoms with Crippen molar-refractivity contribution >= 4 is 0 Å². The number of fused-ring (bicyclic) bond motifs is 1. The quantitative estimate of drug-likeness (QED) is 0.512. The van der Waals surface area contributed by atoms with Gasteiger partial charge in [0.25, 0.3) is 0 Å². The molecule has 1 aromatic rings. The second-order valence-electron chi connectivity index (χ2n) is 5.52. The number of rotatable bonds is 4. The number of methoxy groups -OCH3 is 1. The van der Waals surface area contributed by atoms with Gasteiger partial charge in [-0.1, -0.05) is 35.4 Å². The van der Waals surface area contributed by atoms with Crippen molar-refractivity contribution in [2.45, 2.75) is 43.4 Å². The minimum absolute atomic E-state index is 0.280. The van der Waals surface area contributed by atoms with E-state index < -0.39 is 36.9 Å². The monoisotopic (exact) mass is 321 g/mol. The Morgan fingerprint density at radius 1 is 1.35 bits per heavy atom. The van der Waals surface area contributed by atoms with Crippen LogP contribution in [0.5, 0.6) is 0 Å². The average molecular weight is 321 g/mol. The van der Waals surface area contributed by atoms with E-state index in [0.717, 1.165) is 5.56 Å². The Hall–Kier alpha value is -1.67. The van der Waals surface area contributed by atoms with Gasteiger partial charge < -0.3 is 24.1 Å². The molecule has 1 N–H and O–H groups in total. The molecule has 2 aliphatic rings. The van der Waals surface area contributed by atoms with Crippen LogP contribution in [0.15, 0.2) is 35.4 Å². The van der Waals surface area contributed by atoms with Crippen LogP contribution in [0.1, 0.15) is 5.56 Å². The molecule has 2 heterocycles. The lowest BCUT2D eigenvalue weighted by Crippen LogP contribution is -2.62. The summed E-state index contributed by atoms with van der Waals surface area (Å²) in [5.41, 5.74) is 9.74. The summed E-state index contributed by atoms with van der Waals surface area (Å²) >= 11 is 0. The van der Waals surface area contributed by atoms with Gasteiger partial charge in [0.15, 0.2) is 12.6 Å². The molecule has 0 aliphatic carbocycles. The van der Waals surface area contributed by atoms with Gasteiger partial charge >= 0.3 is 0 Å². The SMILES string of the molecule is CO[C@@H]1O[C@@H]2CO[C@H](Cc3ccccc3)O[C@H]2[C@@H](O)[C@@H]1N=[N+]=[N-]. The van der Waals surface area contributed by atoms with Crippen LogP contribution in [-0.2, 0) is 25.4 Å². The number of benzene rings is 1. The number of aliphatic hydroxyl groups excluding tert-OH is 1. The first kappa shape index (κ1) is 16.2. The summed E-state index contributed by atoms with van der Waals surface area (Å²) < 4.78 is 22.3. The molecule has 2 fully saturated rings. The summed E-state index contributed by atoms with van der Waals surface area (Å²) in [4.78, 5) is 2.75. The fourth-order valence-electron chi connectivity index (χ4n) is 2.92. The number of nitrogens with zero attached hydrogens (tertiary/aromatic N) is 3. The van der Waals surface area contributed by atoms with Gasteiger partial charge in [0.05, 0.1) is 12.7 Å². The number of ether oxygens (including phenoxy) is 4. The molecular formula is C15H19N3O5. The minimum atomic E-state index is -1.02. The van der Waals surface area contributed by atoms with E-state index in [1.54, 1.807) is 0 Å². The van der Waals surface area contributed by atoms with E-state index in [-0.39, 0.29) is 6.61 Å². The molecule has 8 nitrogen and oxygen atoms in total. The van der Waals surface area contributed by atoms with E-state index in [1.807, 2.05) is 30.3 Å². The second-order valence-corrected chi connectivity index (χ2v) is 5.52. The molecule has 0 saturated carbocycles. The van der Waals surface area contributed by atoms with Gasteiger partial charge in [-0.2, -0.15) is 0 Å². The summed E-state index contributed by atoms with van der Waals surface area (Å²) in [5, 5.41) is 14.1. The highest BCUT2D eigenvalue weighted by Gasteiger charge is 2.49. The zero-order valence-corrected chi connectivity index (χ0v) is 12.7. The van der Waals surface area contributed by atoms with Crippen molar-refractivity contribution in [3.63, 3.8) is 0 Å². The molecule has 3 rings (SSSR count). The van der Waals surface area contributed by atoms with Crippen LogP contribution in [0.2, 0.25) is 0 Å². The Labute approximate surface area is 133 Å². The van der Waals surface area contributed by atoms with Crippen LogP contribution >= 0.6 is 0 Å². The number of aliphatic hydroxyl groups is 1. The molecule has 0 aromatic heterocycles. The summed E-state index contributed by atoms with van der Waals surface area (Å²) in [7, 11) is 1.43. The van der Waals surface area contributed by atoms with Gasteiger partial charge in [0.2, 0.25) is 0 Å². The van der Waals surface area contributed by atoms with Crippen LogP contribution in [0.3, 0.4) is 0 Å². The molecule has 0 spiro atoms. The molecule has 1 aromatic carbocycles. The minimum Gasteiger partial charge on any atom is -0.390 e. The third-order valence-corrected chi connectivity index (χ3v) is 4.06. The summed E-state index contributed by atoms with van der Waals surface area (Å²) in [6, 6.07) is 8.94. The van der Waals surface area contributed by atoms with Gasteiger partial charge in [-0.25, -0.2) is 0 Å². The number of azide groups is 1. The van der Waals surface area contributed by atoms with E-state index in [1.165, 1.54) is 7.11 Å². The zero-order chi connectivity index (χ0) is 16.2. The Morgan fingerprint density at radius 2 is 2.13 bits per heavy atom.